The Balaban J connectivity index is 1.85. The molecule has 0 radical (unpaired) electrons. The summed E-state index contributed by atoms with van der Waals surface area (Å²) in [6, 6.07) is 5.08. The largest absolute Gasteiger partial charge is 0.497 e. The molecule has 2 aromatic heterocycles. The molecule has 2 heterocycles. The molecule has 0 aliphatic heterocycles. The molecule has 3 rings (SSSR count). The highest BCUT2D eigenvalue weighted by atomic mass is 16.5. The van der Waals surface area contributed by atoms with Crippen LogP contribution in [0, 0.1) is 13.8 Å². The predicted molar refractivity (Wildman–Crippen MR) is 107 cm³/mol. The quantitative estimate of drug-likeness (QED) is 0.627. The van der Waals surface area contributed by atoms with E-state index in [-0.39, 0.29) is 5.91 Å². The molecule has 1 amide bonds. The van der Waals surface area contributed by atoms with Gasteiger partial charge in [-0.3, -0.25) is 4.79 Å². The molecule has 1 atom stereocenters. The van der Waals surface area contributed by atoms with Crippen LogP contribution >= 0.6 is 0 Å². The summed E-state index contributed by atoms with van der Waals surface area (Å²) in [5.41, 5.74) is 2.60. The SMILES string of the molecule is COc1cc(OC)cc(C(NC(=O)CCc2c(C)noc2C)c2nccn2C)c1. The third kappa shape index (κ3) is 4.59. The number of carbonyl (C=O) groups is 1. The van der Waals surface area contributed by atoms with Crippen LogP contribution in [-0.2, 0) is 18.3 Å². The number of carbonyl (C=O) groups excluding carboxylic acids is 1. The summed E-state index contributed by atoms with van der Waals surface area (Å²) in [4.78, 5) is 17.2. The lowest BCUT2D eigenvalue weighted by Gasteiger charge is -2.20. The molecular formula is C21H26N4O4. The molecule has 8 nitrogen and oxygen atoms in total. The Morgan fingerprint density at radius 1 is 1.21 bits per heavy atom. The van der Waals surface area contributed by atoms with E-state index >= 15 is 0 Å². The lowest BCUT2D eigenvalue weighted by atomic mass is 10.0. The number of rotatable bonds is 8. The number of hydrogen-bond donors (Lipinski definition) is 1. The highest BCUT2D eigenvalue weighted by molar-refractivity contribution is 5.77. The molecular weight excluding hydrogens is 372 g/mol. The first-order chi connectivity index (χ1) is 13.9. The van der Waals surface area contributed by atoms with Gasteiger partial charge in [0.15, 0.2) is 0 Å². The predicted octanol–water partition coefficient (Wildman–Crippen LogP) is 2.88. The van der Waals surface area contributed by atoms with E-state index in [4.69, 9.17) is 14.0 Å². The number of nitrogens with one attached hydrogen (secondary N) is 1. The highest BCUT2D eigenvalue weighted by Crippen LogP contribution is 2.29. The molecule has 0 bridgehead atoms. The Labute approximate surface area is 169 Å². The van der Waals surface area contributed by atoms with Crippen LogP contribution in [0.3, 0.4) is 0 Å². The van der Waals surface area contributed by atoms with Crippen molar-refractivity contribution >= 4 is 5.91 Å². The van der Waals surface area contributed by atoms with E-state index < -0.39 is 6.04 Å². The molecule has 1 unspecified atom stereocenters. The molecule has 0 saturated carbocycles. The maximum Gasteiger partial charge on any atom is 0.221 e. The average Bonchev–Trinajstić information content (AvgIpc) is 3.28. The van der Waals surface area contributed by atoms with Gasteiger partial charge in [0.2, 0.25) is 5.91 Å². The number of amides is 1. The van der Waals surface area contributed by atoms with Gasteiger partial charge in [-0.05, 0) is 38.0 Å². The van der Waals surface area contributed by atoms with Gasteiger partial charge in [0.1, 0.15) is 29.1 Å². The smallest absolute Gasteiger partial charge is 0.221 e. The Morgan fingerprint density at radius 2 is 1.90 bits per heavy atom. The number of hydrogen-bond acceptors (Lipinski definition) is 6. The fourth-order valence-corrected chi connectivity index (χ4v) is 3.28. The first-order valence-electron chi connectivity index (χ1n) is 9.34. The fourth-order valence-electron chi connectivity index (χ4n) is 3.28. The Hall–Kier alpha value is -3.29. The second kappa shape index (κ2) is 8.81. The minimum atomic E-state index is -0.448. The van der Waals surface area contributed by atoms with Gasteiger partial charge in [0.05, 0.1) is 19.9 Å². The molecule has 154 valence electrons. The van der Waals surface area contributed by atoms with Crippen LogP contribution in [0.2, 0.25) is 0 Å². The Bertz CT molecular complexity index is 951. The normalized spacial score (nSPS) is 11.9. The number of nitrogens with zero attached hydrogens (tertiary/aromatic N) is 3. The van der Waals surface area contributed by atoms with Crippen molar-refractivity contribution in [2.45, 2.75) is 32.7 Å². The number of aromatic nitrogens is 3. The maximum atomic E-state index is 12.8. The third-order valence-corrected chi connectivity index (χ3v) is 4.91. The first kappa shape index (κ1) is 20.4. The molecule has 29 heavy (non-hydrogen) atoms. The number of ether oxygens (including phenoxy) is 2. The van der Waals surface area contributed by atoms with Crippen molar-refractivity contribution in [3.8, 4) is 11.5 Å². The van der Waals surface area contributed by atoms with Crippen LogP contribution in [0.1, 0.15) is 40.9 Å². The zero-order chi connectivity index (χ0) is 21.0. The van der Waals surface area contributed by atoms with Gasteiger partial charge < -0.3 is 23.9 Å². The molecule has 1 N–H and O–H groups in total. The van der Waals surface area contributed by atoms with Crippen molar-refractivity contribution in [1.82, 2.24) is 20.0 Å². The number of imidazole rings is 1. The third-order valence-electron chi connectivity index (χ3n) is 4.91. The van der Waals surface area contributed by atoms with E-state index in [0.29, 0.717) is 30.2 Å². The van der Waals surface area contributed by atoms with Crippen LogP contribution in [0.4, 0.5) is 0 Å². The van der Waals surface area contributed by atoms with E-state index in [2.05, 4.69) is 15.5 Å². The van der Waals surface area contributed by atoms with Crippen molar-refractivity contribution in [2.24, 2.45) is 7.05 Å². The molecule has 0 aliphatic rings. The van der Waals surface area contributed by atoms with Gasteiger partial charge in [-0.1, -0.05) is 5.16 Å². The van der Waals surface area contributed by atoms with Gasteiger partial charge in [0.25, 0.3) is 0 Å². The molecule has 3 aromatic rings. The Morgan fingerprint density at radius 3 is 2.41 bits per heavy atom. The molecule has 1 aromatic carbocycles. The van der Waals surface area contributed by atoms with Crippen molar-refractivity contribution in [2.75, 3.05) is 14.2 Å². The summed E-state index contributed by atoms with van der Waals surface area (Å²) < 4.78 is 17.8. The minimum absolute atomic E-state index is 0.0974. The zero-order valence-electron chi connectivity index (χ0n) is 17.4. The van der Waals surface area contributed by atoms with Crippen LogP contribution < -0.4 is 14.8 Å². The van der Waals surface area contributed by atoms with Crippen LogP contribution in [0.15, 0.2) is 35.1 Å². The standard InChI is InChI=1S/C21H26N4O4/c1-13-18(14(2)29-24-13)6-7-19(26)23-20(21-22-8-9-25(21)3)15-10-16(27-4)12-17(11-15)28-5/h8-12,20H,6-7H2,1-5H3,(H,23,26). The van der Waals surface area contributed by atoms with Crippen molar-refractivity contribution in [1.29, 1.82) is 0 Å². The Kier molecular flexibility index (Phi) is 6.21. The second-order valence-electron chi connectivity index (χ2n) is 6.85. The minimum Gasteiger partial charge on any atom is -0.497 e. The van der Waals surface area contributed by atoms with E-state index in [1.807, 2.05) is 43.8 Å². The van der Waals surface area contributed by atoms with E-state index in [1.54, 1.807) is 26.5 Å². The molecule has 8 heteroatoms. The molecule has 0 fully saturated rings. The van der Waals surface area contributed by atoms with Crippen molar-refractivity contribution in [3.05, 3.63) is 59.0 Å². The molecule has 0 spiro atoms. The lowest BCUT2D eigenvalue weighted by Crippen LogP contribution is -2.31. The average molecular weight is 398 g/mol. The summed E-state index contributed by atoms with van der Waals surface area (Å²) in [6.07, 6.45) is 4.41. The molecule has 0 aliphatic carbocycles. The van der Waals surface area contributed by atoms with Crippen LogP contribution in [0.25, 0.3) is 0 Å². The molecule has 0 saturated heterocycles. The van der Waals surface area contributed by atoms with Gasteiger partial charge >= 0.3 is 0 Å². The van der Waals surface area contributed by atoms with E-state index in [1.165, 1.54) is 0 Å². The maximum absolute atomic E-state index is 12.8. The van der Waals surface area contributed by atoms with Gasteiger partial charge in [-0.2, -0.15) is 0 Å². The number of benzene rings is 1. The number of aryl methyl sites for hydroxylation is 3. The van der Waals surface area contributed by atoms with Gasteiger partial charge in [-0.25, -0.2) is 4.98 Å². The first-order valence-corrected chi connectivity index (χ1v) is 9.34. The topological polar surface area (TPSA) is 91.4 Å². The van der Waals surface area contributed by atoms with E-state index in [9.17, 15) is 4.79 Å². The van der Waals surface area contributed by atoms with E-state index in [0.717, 1.165) is 22.6 Å². The summed E-state index contributed by atoms with van der Waals surface area (Å²) in [6.45, 7) is 3.73. The summed E-state index contributed by atoms with van der Waals surface area (Å²) >= 11 is 0. The zero-order valence-corrected chi connectivity index (χ0v) is 17.4. The summed E-state index contributed by atoms with van der Waals surface area (Å²) in [5.74, 6) is 2.64. The fraction of sp³-hybridized carbons (Fsp3) is 0.381. The monoisotopic (exact) mass is 398 g/mol. The van der Waals surface area contributed by atoms with Crippen molar-refractivity contribution in [3.63, 3.8) is 0 Å². The van der Waals surface area contributed by atoms with Crippen LogP contribution in [0.5, 0.6) is 11.5 Å². The van der Waals surface area contributed by atoms with Gasteiger partial charge in [-0.15, -0.1) is 0 Å². The number of methoxy groups -OCH3 is 2. The summed E-state index contributed by atoms with van der Waals surface area (Å²) in [7, 11) is 5.08. The summed E-state index contributed by atoms with van der Waals surface area (Å²) in [5, 5.41) is 7.04. The van der Waals surface area contributed by atoms with Gasteiger partial charge in [0, 0.05) is 37.5 Å². The second-order valence-corrected chi connectivity index (χ2v) is 6.85. The van der Waals surface area contributed by atoms with Crippen molar-refractivity contribution < 1.29 is 18.8 Å². The lowest BCUT2D eigenvalue weighted by molar-refractivity contribution is -0.121. The van der Waals surface area contributed by atoms with Crippen LogP contribution in [-0.4, -0.2) is 34.8 Å². The highest BCUT2D eigenvalue weighted by Gasteiger charge is 2.23.